The van der Waals surface area contributed by atoms with E-state index in [1.807, 2.05) is 24.4 Å². The Morgan fingerprint density at radius 1 is 1.20 bits per heavy atom. The molecule has 3 rings (SSSR count). The van der Waals surface area contributed by atoms with E-state index in [4.69, 9.17) is 5.73 Å². The van der Waals surface area contributed by atoms with Gasteiger partial charge in [-0.1, -0.05) is 25.3 Å². The van der Waals surface area contributed by atoms with Crippen LogP contribution >= 0.6 is 0 Å². The van der Waals surface area contributed by atoms with E-state index < -0.39 is 0 Å². The Kier molecular flexibility index (Phi) is 7.10. The number of guanidine groups is 1. The second-order valence-corrected chi connectivity index (χ2v) is 7.52. The van der Waals surface area contributed by atoms with E-state index in [0.717, 1.165) is 31.1 Å². The summed E-state index contributed by atoms with van der Waals surface area (Å²) in [6.07, 6.45) is 12.4. The van der Waals surface area contributed by atoms with E-state index >= 15 is 0 Å². The van der Waals surface area contributed by atoms with Crippen LogP contribution in [0, 0.1) is 5.92 Å². The zero-order valence-electron chi connectivity index (χ0n) is 15.4. The zero-order valence-corrected chi connectivity index (χ0v) is 15.4. The Morgan fingerprint density at radius 3 is 2.88 bits per heavy atom. The molecule has 1 aromatic rings. The van der Waals surface area contributed by atoms with E-state index in [2.05, 4.69) is 20.2 Å². The van der Waals surface area contributed by atoms with Crippen molar-refractivity contribution < 1.29 is 0 Å². The largest absolute Gasteiger partial charge is 0.370 e. The molecule has 1 aromatic heterocycles. The number of likely N-dealkylation sites (tertiary alicyclic amines) is 1. The summed E-state index contributed by atoms with van der Waals surface area (Å²) < 4.78 is 0. The van der Waals surface area contributed by atoms with Crippen molar-refractivity contribution in [3.8, 4) is 0 Å². The van der Waals surface area contributed by atoms with Crippen molar-refractivity contribution in [1.82, 2.24) is 15.2 Å². The molecular formula is C20H33N5. The van der Waals surface area contributed by atoms with Gasteiger partial charge in [0.15, 0.2) is 5.96 Å². The van der Waals surface area contributed by atoms with Gasteiger partial charge in [-0.05, 0) is 50.3 Å². The molecule has 2 fully saturated rings. The summed E-state index contributed by atoms with van der Waals surface area (Å²) in [6.45, 7) is 4.12. The van der Waals surface area contributed by atoms with Crippen LogP contribution in [0.15, 0.2) is 29.4 Å². The fourth-order valence-corrected chi connectivity index (χ4v) is 4.17. The molecule has 0 bridgehead atoms. The summed E-state index contributed by atoms with van der Waals surface area (Å²) in [4.78, 5) is 11.6. The molecule has 2 heterocycles. The number of aliphatic imine (C=N–C) groups is 1. The quantitative estimate of drug-likeness (QED) is 0.590. The molecule has 1 saturated heterocycles. The highest BCUT2D eigenvalue weighted by Gasteiger charge is 2.27. The summed E-state index contributed by atoms with van der Waals surface area (Å²) in [5, 5.41) is 3.22. The topological polar surface area (TPSA) is 66.5 Å². The van der Waals surface area contributed by atoms with Crippen LogP contribution in [0.25, 0.3) is 0 Å². The third-order valence-electron chi connectivity index (χ3n) is 5.60. The van der Waals surface area contributed by atoms with Crippen molar-refractivity contribution >= 4 is 5.96 Å². The minimum atomic E-state index is 0.570. The van der Waals surface area contributed by atoms with Crippen molar-refractivity contribution in [3.63, 3.8) is 0 Å². The molecule has 25 heavy (non-hydrogen) atoms. The van der Waals surface area contributed by atoms with Gasteiger partial charge in [-0.25, -0.2) is 0 Å². The lowest BCUT2D eigenvalue weighted by Gasteiger charge is -2.30. The Bertz CT molecular complexity index is 524. The van der Waals surface area contributed by atoms with Gasteiger partial charge < -0.3 is 11.1 Å². The van der Waals surface area contributed by atoms with Crippen molar-refractivity contribution in [1.29, 1.82) is 0 Å². The lowest BCUT2D eigenvalue weighted by Crippen LogP contribution is -2.38. The minimum absolute atomic E-state index is 0.570. The van der Waals surface area contributed by atoms with Gasteiger partial charge in [0.05, 0.1) is 6.54 Å². The summed E-state index contributed by atoms with van der Waals surface area (Å²) in [5.41, 5.74) is 7.13. The summed E-state index contributed by atoms with van der Waals surface area (Å²) in [6, 6.07) is 6.57. The van der Waals surface area contributed by atoms with E-state index in [1.165, 1.54) is 58.0 Å². The normalized spacial score (nSPS) is 23.0. The second-order valence-electron chi connectivity index (χ2n) is 7.52. The molecule has 138 valence electrons. The Morgan fingerprint density at radius 2 is 2.08 bits per heavy atom. The molecule has 3 N–H and O–H groups in total. The van der Waals surface area contributed by atoms with Gasteiger partial charge in [0.1, 0.15) is 0 Å². The first-order valence-corrected chi connectivity index (χ1v) is 9.99. The molecule has 5 heteroatoms. The van der Waals surface area contributed by atoms with Crippen molar-refractivity contribution in [2.75, 3.05) is 26.2 Å². The number of pyridine rings is 1. The molecule has 0 amide bonds. The lowest BCUT2D eigenvalue weighted by atomic mass is 9.89. The monoisotopic (exact) mass is 343 g/mol. The molecule has 0 spiro atoms. The van der Waals surface area contributed by atoms with Gasteiger partial charge in [-0.2, -0.15) is 0 Å². The van der Waals surface area contributed by atoms with Crippen LogP contribution in [0.3, 0.4) is 0 Å². The molecule has 1 aliphatic carbocycles. The first-order chi connectivity index (χ1) is 12.3. The highest BCUT2D eigenvalue weighted by molar-refractivity contribution is 5.77. The maximum Gasteiger partial charge on any atom is 0.188 e. The zero-order chi connectivity index (χ0) is 17.3. The number of nitrogens with zero attached hydrogens (tertiary/aromatic N) is 3. The smallest absolute Gasteiger partial charge is 0.188 e. The van der Waals surface area contributed by atoms with Crippen LogP contribution in [-0.4, -0.2) is 48.1 Å². The van der Waals surface area contributed by atoms with Crippen molar-refractivity contribution in [2.24, 2.45) is 16.6 Å². The molecular weight excluding hydrogens is 310 g/mol. The Labute approximate surface area is 152 Å². The fourth-order valence-electron chi connectivity index (χ4n) is 4.17. The number of hydrogen-bond acceptors (Lipinski definition) is 3. The molecule has 0 aromatic carbocycles. The summed E-state index contributed by atoms with van der Waals surface area (Å²) in [5.74, 6) is 1.48. The predicted molar refractivity (Wildman–Crippen MR) is 104 cm³/mol. The van der Waals surface area contributed by atoms with Crippen LogP contribution in [0.1, 0.15) is 50.6 Å². The van der Waals surface area contributed by atoms with Crippen LogP contribution in [0.2, 0.25) is 0 Å². The number of aromatic nitrogens is 1. The number of rotatable bonds is 7. The minimum Gasteiger partial charge on any atom is -0.370 e. The van der Waals surface area contributed by atoms with Gasteiger partial charge in [-0.3, -0.25) is 14.9 Å². The average molecular weight is 344 g/mol. The van der Waals surface area contributed by atoms with Crippen LogP contribution in [0.5, 0.6) is 0 Å². The van der Waals surface area contributed by atoms with Crippen LogP contribution in [-0.2, 0) is 6.42 Å². The Hall–Kier alpha value is -1.62. The first kappa shape index (κ1) is 18.2. The van der Waals surface area contributed by atoms with Crippen LogP contribution < -0.4 is 11.1 Å². The number of hydrogen-bond donors (Lipinski definition) is 2. The molecule has 5 nitrogen and oxygen atoms in total. The van der Waals surface area contributed by atoms with Gasteiger partial charge >= 0.3 is 0 Å². The molecule has 1 aliphatic heterocycles. The SMILES string of the molecule is NC(=NCC1CCCN1CC1CCCCC1)NCCc1ccccn1. The molecule has 1 saturated carbocycles. The van der Waals surface area contributed by atoms with Crippen molar-refractivity contribution in [3.05, 3.63) is 30.1 Å². The van der Waals surface area contributed by atoms with E-state index in [-0.39, 0.29) is 0 Å². The summed E-state index contributed by atoms with van der Waals surface area (Å²) >= 11 is 0. The van der Waals surface area contributed by atoms with Gasteiger partial charge in [-0.15, -0.1) is 0 Å². The standard InChI is InChI=1S/C20H33N5/c21-20(23-13-11-18-9-4-5-12-22-18)24-15-19-10-6-14-25(19)16-17-7-2-1-3-8-17/h4-5,9,12,17,19H,1-3,6-8,10-11,13-16H2,(H3,21,23,24). The van der Waals surface area contributed by atoms with E-state index in [1.54, 1.807) is 0 Å². The highest BCUT2D eigenvalue weighted by Crippen LogP contribution is 2.27. The molecule has 1 unspecified atom stereocenters. The van der Waals surface area contributed by atoms with Crippen LogP contribution in [0.4, 0.5) is 0 Å². The molecule has 1 atom stereocenters. The van der Waals surface area contributed by atoms with Crippen molar-refractivity contribution in [2.45, 2.75) is 57.4 Å². The fraction of sp³-hybridized carbons (Fsp3) is 0.700. The predicted octanol–water partition coefficient (Wildman–Crippen LogP) is 2.57. The first-order valence-electron chi connectivity index (χ1n) is 9.99. The van der Waals surface area contributed by atoms with Gasteiger partial charge in [0.2, 0.25) is 0 Å². The number of nitrogens with one attached hydrogen (secondary N) is 1. The van der Waals surface area contributed by atoms with E-state index in [9.17, 15) is 0 Å². The van der Waals surface area contributed by atoms with E-state index in [0.29, 0.717) is 12.0 Å². The third-order valence-corrected chi connectivity index (χ3v) is 5.60. The lowest BCUT2D eigenvalue weighted by molar-refractivity contribution is 0.191. The highest BCUT2D eigenvalue weighted by atomic mass is 15.2. The second kappa shape index (κ2) is 9.76. The third kappa shape index (κ3) is 5.99. The average Bonchev–Trinajstić information content (AvgIpc) is 3.09. The maximum atomic E-state index is 6.05. The molecule has 2 aliphatic rings. The number of nitrogens with two attached hydrogens (primary N) is 1. The van der Waals surface area contributed by atoms with Gasteiger partial charge in [0, 0.05) is 37.4 Å². The molecule has 0 radical (unpaired) electrons. The Balaban J connectivity index is 1.38. The van der Waals surface area contributed by atoms with Gasteiger partial charge in [0.25, 0.3) is 0 Å². The summed E-state index contributed by atoms with van der Waals surface area (Å²) in [7, 11) is 0. The maximum absolute atomic E-state index is 6.05.